The molecular formula is C14H20BrN3. The minimum absolute atomic E-state index is 0.791. The van der Waals surface area contributed by atoms with Gasteiger partial charge in [-0.2, -0.15) is 0 Å². The third kappa shape index (κ3) is 2.94. The molecule has 98 valence electrons. The first-order valence-corrected chi connectivity index (χ1v) is 7.52. The Morgan fingerprint density at radius 2 is 2.00 bits per heavy atom. The number of rotatable bonds is 3. The zero-order chi connectivity index (χ0) is 12.4. The first kappa shape index (κ1) is 12.6. The van der Waals surface area contributed by atoms with Crippen LogP contribution in [-0.2, 0) is 6.54 Å². The largest absolute Gasteiger partial charge is 0.314 e. The number of likely N-dealkylation sites (tertiary alicyclic amines) is 1. The molecule has 2 aliphatic heterocycles. The van der Waals surface area contributed by atoms with Crippen molar-refractivity contribution in [3.63, 3.8) is 0 Å². The van der Waals surface area contributed by atoms with Crippen LogP contribution in [0, 0.1) is 0 Å². The third-order valence-corrected chi connectivity index (χ3v) is 4.39. The zero-order valence-corrected chi connectivity index (χ0v) is 12.2. The van der Waals surface area contributed by atoms with E-state index in [4.69, 9.17) is 0 Å². The molecule has 2 heterocycles. The number of nitrogens with one attached hydrogen (secondary N) is 1. The molecule has 0 bridgehead atoms. The van der Waals surface area contributed by atoms with Crippen LogP contribution in [0.25, 0.3) is 0 Å². The van der Waals surface area contributed by atoms with Gasteiger partial charge in [0.25, 0.3) is 0 Å². The molecule has 0 radical (unpaired) electrons. The lowest BCUT2D eigenvalue weighted by atomic mass is 10.0. The summed E-state index contributed by atoms with van der Waals surface area (Å²) >= 11 is 3.53. The summed E-state index contributed by atoms with van der Waals surface area (Å²) in [7, 11) is 0. The molecule has 0 aliphatic carbocycles. The Morgan fingerprint density at radius 3 is 2.72 bits per heavy atom. The Kier molecular flexibility index (Phi) is 3.99. The Bertz CT molecular complexity index is 398. The Labute approximate surface area is 117 Å². The molecule has 1 N–H and O–H groups in total. The van der Waals surface area contributed by atoms with E-state index in [1.807, 2.05) is 0 Å². The normalized spacial score (nSPS) is 22.9. The first-order chi connectivity index (χ1) is 8.81. The summed E-state index contributed by atoms with van der Waals surface area (Å²) in [5.74, 6) is 0. The summed E-state index contributed by atoms with van der Waals surface area (Å²) in [6.45, 7) is 8.29. The van der Waals surface area contributed by atoms with E-state index in [1.165, 1.54) is 36.2 Å². The van der Waals surface area contributed by atoms with Gasteiger partial charge in [0.15, 0.2) is 0 Å². The molecule has 2 fully saturated rings. The number of hydrogen-bond acceptors (Lipinski definition) is 3. The topological polar surface area (TPSA) is 18.5 Å². The quantitative estimate of drug-likeness (QED) is 0.914. The van der Waals surface area contributed by atoms with Gasteiger partial charge in [0, 0.05) is 56.3 Å². The highest BCUT2D eigenvalue weighted by molar-refractivity contribution is 9.10. The smallest absolute Gasteiger partial charge is 0.0351 e. The minimum atomic E-state index is 0.791. The summed E-state index contributed by atoms with van der Waals surface area (Å²) in [6.07, 6.45) is 0. The van der Waals surface area contributed by atoms with E-state index < -0.39 is 0 Å². The maximum absolute atomic E-state index is 3.53. The molecule has 2 saturated heterocycles. The molecule has 1 aromatic carbocycles. The maximum atomic E-state index is 3.53. The van der Waals surface area contributed by atoms with Gasteiger partial charge in [-0.3, -0.25) is 9.80 Å². The summed E-state index contributed by atoms with van der Waals surface area (Å²) < 4.78 is 1.18. The molecule has 0 spiro atoms. The summed E-state index contributed by atoms with van der Waals surface area (Å²) in [5, 5.41) is 3.41. The lowest BCUT2D eigenvalue weighted by molar-refractivity contribution is 0.0223. The fraction of sp³-hybridized carbons (Fsp3) is 0.571. The molecule has 0 atom stereocenters. The average molecular weight is 310 g/mol. The molecule has 2 aliphatic rings. The van der Waals surface area contributed by atoms with Gasteiger partial charge in [-0.1, -0.05) is 28.1 Å². The molecule has 0 unspecified atom stereocenters. The number of hydrogen-bond donors (Lipinski definition) is 1. The van der Waals surface area contributed by atoms with Crippen LogP contribution in [0.1, 0.15) is 5.56 Å². The van der Waals surface area contributed by atoms with E-state index in [1.54, 1.807) is 0 Å². The van der Waals surface area contributed by atoms with Crippen molar-refractivity contribution in [3.05, 3.63) is 34.3 Å². The second-order valence-electron chi connectivity index (χ2n) is 5.26. The summed E-state index contributed by atoms with van der Waals surface area (Å²) in [4.78, 5) is 5.17. The molecule has 4 heteroatoms. The van der Waals surface area contributed by atoms with Gasteiger partial charge in [0.05, 0.1) is 0 Å². The van der Waals surface area contributed by atoms with E-state index in [-0.39, 0.29) is 0 Å². The Balaban J connectivity index is 1.47. The second kappa shape index (κ2) is 5.70. The SMILES string of the molecule is Brc1cccc(CN2CC(N3CCNCC3)C2)c1. The van der Waals surface area contributed by atoms with Crippen molar-refractivity contribution in [1.29, 1.82) is 0 Å². The van der Waals surface area contributed by atoms with Crippen molar-refractivity contribution in [1.82, 2.24) is 15.1 Å². The van der Waals surface area contributed by atoms with Gasteiger partial charge in [-0.25, -0.2) is 0 Å². The second-order valence-corrected chi connectivity index (χ2v) is 6.18. The van der Waals surface area contributed by atoms with Crippen LogP contribution in [0.15, 0.2) is 28.7 Å². The third-order valence-electron chi connectivity index (χ3n) is 3.90. The van der Waals surface area contributed by atoms with Crippen molar-refractivity contribution in [2.24, 2.45) is 0 Å². The fourth-order valence-electron chi connectivity index (χ4n) is 2.84. The highest BCUT2D eigenvalue weighted by atomic mass is 79.9. The average Bonchev–Trinajstić information content (AvgIpc) is 2.34. The summed E-state index contributed by atoms with van der Waals surface area (Å²) in [5.41, 5.74) is 1.41. The number of benzene rings is 1. The highest BCUT2D eigenvalue weighted by Gasteiger charge is 2.31. The van der Waals surface area contributed by atoms with Crippen LogP contribution in [0.5, 0.6) is 0 Å². The van der Waals surface area contributed by atoms with Crippen LogP contribution in [0.4, 0.5) is 0 Å². The van der Waals surface area contributed by atoms with Crippen LogP contribution >= 0.6 is 15.9 Å². The molecule has 3 rings (SSSR count). The molecule has 3 nitrogen and oxygen atoms in total. The van der Waals surface area contributed by atoms with Gasteiger partial charge in [0.2, 0.25) is 0 Å². The van der Waals surface area contributed by atoms with Crippen molar-refractivity contribution in [3.8, 4) is 0 Å². The van der Waals surface area contributed by atoms with Gasteiger partial charge in [-0.15, -0.1) is 0 Å². The van der Waals surface area contributed by atoms with Crippen molar-refractivity contribution in [2.75, 3.05) is 39.3 Å². The van der Waals surface area contributed by atoms with Crippen molar-refractivity contribution >= 4 is 15.9 Å². The number of piperazine rings is 1. The van der Waals surface area contributed by atoms with E-state index in [9.17, 15) is 0 Å². The number of nitrogens with zero attached hydrogens (tertiary/aromatic N) is 2. The van der Waals surface area contributed by atoms with Crippen LogP contribution in [-0.4, -0.2) is 55.1 Å². The molecule has 1 aromatic rings. The van der Waals surface area contributed by atoms with Gasteiger partial charge in [-0.05, 0) is 17.7 Å². The zero-order valence-electron chi connectivity index (χ0n) is 10.6. The van der Waals surface area contributed by atoms with E-state index in [2.05, 4.69) is 55.3 Å². The predicted octanol–water partition coefficient (Wildman–Crippen LogP) is 1.54. The van der Waals surface area contributed by atoms with Crippen LogP contribution in [0.2, 0.25) is 0 Å². The van der Waals surface area contributed by atoms with Crippen LogP contribution in [0.3, 0.4) is 0 Å². The molecule has 18 heavy (non-hydrogen) atoms. The van der Waals surface area contributed by atoms with Gasteiger partial charge < -0.3 is 5.32 Å². The van der Waals surface area contributed by atoms with E-state index >= 15 is 0 Å². The van der Waals surface area contributed by atoms with Crippen molar-refractivity contribution in [2.45, 2.75) is 12.6 Å². The van der Waals surface area contributed by atoms with Crippen molar-refractivity contribution < 1.29 is 0 Å². The lowest BCUT2D eigenvalue weighted by Crippen LogP contribution is -2.62. The Morgan fingerprint density at radius 1 is 1.22 bits per heavy atom. The Hall–Kier alpha value is -0.420. The standard InChI is InChI=1S/C14H20BrN3/c15-13-3-1-2-12(8-13)9-17-10-14(11-17)18-6-4-16-5-7-18/h1-3,8,14,16H,4-7,9-11H2. The fourth-order valence-corrected chi connectivity index (χ4v) is 3.29. The maximum Gasteiger partial charge on any atom is 0.0351 e. The van der Waals surface area contributed by atoms with Gasteiger partial charge >= 0.3 is 0 Å². The number of halogens is 1. The van der Waals surface area contributed by atoms with E-state index in [0.29, 0.717) is 0 Å². The summed E-state index contributed by atoms with van der Waals surface area (Å²) in [6, 6.07) is 9.43. The molecule has 0 amide bonds. The highest BCUT2D eigenvalue weighted by Crippen LogP contribution is 2.20. The molecular weight excluding hydrogens is 290 g/mol. The predicted molar refractivity (Wildman–Crippen MR) is 77.6 cm³/mol. The lowest BCUT2D eigenvalue weighted by Gasteiger charge is -2.46. The van der Waals surface area contributed by atoms with E-state index in [0.717, 1.165) is 25.7 Å². The molecule has 0 saturated carbocycles. The van der Waals surface area contributed by atoms with Crippen LogP contribution < -0.4 is 5.32 Å². The first-order valence-electron chi connectivity index (χ1n) is 6.73. The minimum Gasteiger partial charge on any atom is -0.314 e. The molecule has 0 aromatic heterocycles. The monoisotopic (exact) mass is 309 g/mol. The van der Waals surface area contributed by atoms with Gasteiger partial charge in [0.1, 0.15) is 0 Å².